The summed E-state index contributed by atoms with van der Waals surface area (Å²) in [4.78, 5) is 2.29. The average molecular weight is 255 g/mol. The number of likely N-dealkylation sites (tertiary alicyclic amines) is 1. The second-order valence-corrected chi connectivity index (χ2v) is 4.96. The summed E-state index contributed by atoms with van der Waals surface area (Å²) in [5, 5.41) is 0. The van der Waals surface area contributed by atoms with E-state index in [1.54, 1.807) is 0 Å². The third-order valence-corrected chi connectivity index (χ3v) is 3.37. The Balaban J connectivity index is 2.19. The fourth-order valence-corrected chi connectivity index (χ4v) is 2.36. The zero-order chi connectivity index (χ0) is 10.1. The van der Waals surface area contributed by atoms with Gasteiger partial charge in [-0.1, -0.05) is 28.1 Å². The van der Waals surface area contributed by atoms with E-state index < -0.39 is 0 Å². The maximum atomic E-state index is 6.09. The number of rotatable bonds is 1. The van der Waals surface area contributed by atoms with Crippen LogP contribution >= 0.6 is 15.9 Å². The van der Waals surface area contributed by atoms with Gasteiger partial charge in [-0.3, -0.25) is 0 Å². The van der Waals surface area contributed by atoms with Gasteiger partial charge in [0.15, 0.2) is 0 Å². The number of likely N-dealkylation sites (N-methyl/N-ethyl adjacent to an activating group) is 1. The fourth-order valence-electron chi connectivity index (χ4n) is 2.10. The molecule has 14 heavy (non-hydrogen) atoms. The van der Waals surface area contributed by atoms with Gasteiger partial charge in [0, 0.05) is 29.5 Å². The average Bonchev–Trinajstić information content (AvgIpc) is 2.47. The summed E-state index contributed by atoms with van der Waals surface area (Å²) in [7, 11) is 2.12. The number of nitrogens with zero attached hydrogens (tertiary/aromatic N) is 1. The molecule has 1 aromatic rings. The molecule has 0 radical (unpaired) electrons. The van der Waals surface area contributed by atoms with Gasteiger partial charge in [0.05, 0.1) is 0 Å². The smallest absolute Gasteiger partial charge is 0.0249 e. The summed E-state index contributed by atoms with van der Waals surface area (Å²) in [5.41, 5.74) is 7.44. The molecule has 2 N–H and O–H groups in total. The zero-order valence-corrected chi connectivity index (χ0v) is 9.87. The third-order valence-electron chi connectivity index (χ3n) is 2.85. The minimum Gasteiger partial charge on any atom is -0.326 e. The van der Waals surface area contributed by atoms with Gasteiger partial charge >= 0.3 is 0 Å². The summed E-state index contributed by atoms with van der Waals surface area (Å²) in [6.45, 7) is 2.07. The minimum absolute atomic E-state index is 0.279. The van der Waals surface area contributed by atoms with Gasteiger partial charge in [-0.15, -0.1) is 0 Å². The van der Waals surface area contributed by atoms with Crippen LogP contribution < -0.4 is 5.73 Å². The molecule has 1 fully saturated rings. The van der Waals surface area contributed by atoms with Crippen molar-refractivity contribution in [2.24, 2.45) is 5.73 Å². The highest BCUT2D eigenvalue weighted by molar-refractivity contribution is 9.10. The fraction of sp³-hybridized carbons (Fsp3) is 0.455. The molecule has 2 nitrogen and oxygen atoms in total. The Labute approximate surface area is 93.2 Å². The molecule has 1 aliphatic heterocycles. The Morgan fingerprint density at radius 3 is 2.43 bits per heavy atom. The molecule has 0 spiro atoms. The quantitative estimate of drug-likeness (QED) is 0.829. The Kier molecular flexibility index (Phi) is 2.91. The van der Waals surface area contributed by atoms with Crippen molar-refractivity contribution in [3.05, 3.63) is 34.3 Å². The summed E-state index contributed by atoms with van der Waals surface area (Å²) in [5.74, 6) is 0.494. The normalized spacial score (nSPS) is 28.2. The van der Waals surface area contributed by atoms with Crippen LogP contribution in [-0.2, 0) is 0 Å². The maximum absolute atomic E-state index is 6.09. The molecule has 1 aliphatic rings. The van der Waals surface area contributed by atoms with Crippen molar-refractivity contribution in [1.82, 2.24) is 4.90 Å². The van der Waals surface area contributed by atoms with Crippen LogP contribution in [0.1, 0.15) is 11.5 Å². The van der Waals surface area contributed by atoms with Crippen molar-refractivity contribution in [3.63, 3.8) is 0 Å². The second kappa shape index (κ2) is 4.01. The Hall–Kier alpha value is -0.380. The van der Waals surface area contributed by atoms with Gasteiger partial charge in [0.2, 0.25) is 0 Å². The highest BCUT2D eigenvalue weighted by Gasteiger charge is 2.28. The molecule has 2 rings (SSSR count). The first-order valence-corrected chi connectivity index (χ1v) is 5.65. The largest absolute Gasteiger partial charge is 0.326 e. The van der Waals surface area contributed by atoms with E-state index in [2.05, 4.69) is 52.1 Å². The van der Waals surface area contributed by atoms with Gasteiger partial charge < -0.3 is 10.6 Å². The van der Waals surface area contributed by atoms with Crippen LogP contribution in [0.5, 0.6) is 0 Å². The van der Waals surface area contributed by atoms with E-state index in [0.717, 1.165) is 17.6 Å². The molecule has 0 saturated carbocycles. The molecule has 0 unspecified atom stereocenters. The molecule has 0 aliphatic carbocycles. The van der Waals surface area contributed by atoms with Crippen LogP contribution in [0.4, 0.5) is 0 Å². The first-order chi connectivity index (χ1) is 6.66. The van der Waals surface area contributed by atoms with E-state index in [-0.39, 0.29) is 6.04 Å². The van der Waals surface area contributed by atoms with Crippen molar-refractivity contribution >= 4 is 15.9 Å². The zero-order valence-electron chi connectivity index (χ0n) is 8.28. The first-order valence-electron chi connectivity index (χ1n) is 4.86. The lowest BCUT2D eigenvalue weighted by Crippen LogP contribution is -2.27. The lowest BCUT2D eigenvalue weighted by molar-refractivity contribution is 0.407. The number of hydrogen-bond acceptors (Lipinski definition) is 2. The highest BCUT2D eigenvalue weighted by atomic mass is 79.9. The van der Waals surface area contributed by atoms with Crippen LogP contribution in [0.2, 0.25) is 0 Å². The molecule has 1 aromatic carbocycles. The predicted octanol–water partition coefficient (Wildman–Crippen LogP) is 1.81. The third kappa shape index (κ3) is 2.00. The van der Waals surface area contributed by atoms with Gasteiger partial charge in [0.25, 0.3) is 0 Å². The van der Waals surface area contributed by atoms with Crippen molar-refractivity contribution in [2.75, 3.05) is 20.1 Å². The molecule has 0 aromatic heterocycles. The molecule has 2 atom stereocenters. The van der Waals surface area contributed by atoms with Gasteiger partial charge in [0.1, 0.15) is 0 Å². The molecular formula is C11H15BrN2. The lowest BCUT2D eigenvalue weighted by Gasteiger charge is -2.14. The first kappa shape index (κ1) is 10.1. The van der Waals surface area contributed by atoms with Crippen LogP contribution in [0.25, 0.3) is 0 Å². The van der Waals surface area contributed by atoms with E-state index >= 15 is 0 Å². The summed E-state index contributed by atoms with van der Waals surface area (Å²) in [6, 6.07) is 8.77. The van der Waals surface area contributed by atoms with Crippen LogP contribution in [-0.4, -0.2) is 31.1 Å². The SMILES string of the molecule is CN1C[C@H](c2ccc(Br)cc2)[C@@H](N)C1. The molecule has 1 heterocycles. The Morgan fingerprint density at radius 1 is 1.29 bits per heavy atom. The van der Waals surface area contributed by atoms with Crippen LogP contribution in [0.3, 0.4) is 0 Å². The monoisotopic (exact) mass is 254 g/mol. The number of benzene rings is 1. The number of halogens is 1. The van der Waals surface area contributed by atoms with Gasteiger partial charge in [-0.2, -0.15) is 0 Å². The minimum atomic E-state index is 0.279. The highest BCUT2D eigenvalue weighted by Crippen LogP contribution is 2.26. The molecule has 76 valence electrons. The molecule has 0 bridgehead atoms. The van der Waals surface area contributed by atoms with Crippen molar-refractivity contribution in [1.29, 1.82) is 0 Å². The lowest BCUT2D eigenvalue weighted by atomic mass is 9.95. The van der Waals surface area contributed by atoms with Crippen LogP contribution in [0, 0.1) is 0 Å². The van der Waals surface area contributed by atoms with Crippen molar-refractivity contribution in [3.8, 4) is 0 Å². The predicted molar refractivity (Wildman–Crippen MR) is 62.4 cm³/mol. The number of nitrogens with two attached hydrogens (primary N) is 1. The van der Waals surface area contributed by atoms with E-state index in [9.17, 15) is 0 Å². The molecule has 1 saturated heterocycles. The molecular weight excluding hydrogens is 240 g/mol. The summed E-state index contributed by atoms with van der Waals surface area (Å²) < 4.78 is 1.13. The molecule has 3 heteroatoms. The van der Waals surface area contributed by atoms with E-state index in [1.165, 1.54) is 5.56 Å². The maximum Gasteiger partial charge on any atom is 0.0249 e. The summed E-state index contributed by atoms with van der Waals surface area (Å²) >= 11 is 3.44. The van der Waals surface area contributed by atoms with E-state index in [0.29, 0.717) is 5.92 Å². The standard InChI is InChI=1S/C11H15BrN2/c1-14-6-10(11(13)7-14)8-2-4-9(12)5-3-8/h2-5,10-11H,6-7,13H2,1H3/t10-,11+/m1/s1. The van der Waals surface area contributed by atoms with E-state index in [1.807, 2.05) is 0 Å². The Morgan fingerprint density at radius 2 is 1.93 bits per heavy atom. The van der Waals surface area contributed by atoms with Gasteiger partial charge in [-0.05, 0) is 24.7 Å². The van der Waals surface area contributed by atoms with E-state index in [4.69, 9.17) is 5.73 Å². The van der Waals surface area contributed by atoms with Crippen molar-refractivity contribution in [2.45, 2.75) is 12.0 Å². The topological polar surface area (TPSA) is 29.3 Å². The van der Waals surface area contributed by atoms with Crippen LogP contribution in [0.15, 0.2) is 28.7 Å². The molecule has 0 amide bonds. The second-order valence-electron chi connectivity index (χ2n) is 4.04. The number of hydrogen-bond donors (Lipinski definition) is 1. The van der Waals surface area contributed by atoms with Gasteiger partial charge in [-0.25, -0.2) is 0 Å². The summed E-state index contributed by atoms with van der Waals surface area (Å²) in [6.07, 6.45) is 0. The Bertz CT molecular complexity index is 310. The van der Waals surface area contributed by atoms with Crippen molar-refractivity contribution < 1.29 is 0 Å².